The standard InChI is InChI=1S/C25H26N4O2S/c1-16-15-27-25(32-16)29-24(30)21-7-3-4-17-8-9-22(28-23(17)21)18-5-2-6-20(14-18)31-19-10-12-26-13-11-19/h2-9,14-15,19,24,26,30H,10-13H2,1H3,(H,27,29). The predicted octanol–water partition coefficient (Wildman–Crippen LogP) is 4.90. The normalized spacial score (nSPS) is 15.6. The van der Waals surface area contributed by atoms with E-state index < -0.39 is 6.23 Å². The Hall–Kier alpha value is -3.00. The number of hydrogen-bond donors (Lipinski definition) is 3. The van der Waals surface area contributed by atoms with E-state index in [9.17, 15) is 5.11 Å². The molecule has 1 saturated heterocycles. The van der Waals surface area contributed by atoms with Crippen molar-refractivity contribution in [2.45, 2.75) is 32.1 Å². The van der Waals surface area contributed by atoms with E-state index in [-0.39, 0.29) is 6.10 Å². The van der Waals surface area contributed by atoms with Crippen molar-refractivity contribution in [1.82, 2.24) is 15.3 Å². The third-order valence-corrected chi connectivity index (χ3v) is 6.49. The van der Waals surface area contributed by atoms with E-state index in [4.69, 9.17) is 9.72 Å². The lowest BCUT2D eigenvalue weighted by Crippen LogP contribution is -2.34. The Morgan fingerprint density at radius 3 is 2.78 bits per heavy atom. The highest BCUT2D eigenvalue weighted by atomic mass is 32.1. The largest absolute Gasteiger partial charge is 0.490 e. The molecule has 2 aromatic heterocycles. The van der Waals surface area contributed by atoms with E-state index in [1.54, 1.807) is 6.20 Å². The summed E-state index contributed by atoms with van der Waals surface area (Å²) in [6.45, 7) is 3.98. The Labute approximate surface area is 191 Å². The van der Waals surface area contributed by atoms with Crippen LogP contribution >= 0.6 is 11.3 Å². The van der Waals surface area contributed by atoms with Gasteiger partial charge in [0, 0.05) is 27.6 Å². The molecule has 1 unspecified atom stereocenters. The van der Waals surface area contributed by atoms with Crippen LogP contribution in [0.2, 0.25) is 0 Å². The van der Waals surface area contributed by atoms with E-state index in [0.29, 0.717) is 5.13 Å². The number of aryl methyl sites for hydroxylation is 1. The molecule has 1 atom stereocenters. The SMILES string of the molecule is Cc1cnc(NC(O)c2cccc3ccc(-c4cccc(OC5CCNCC5)c4)nc23)s1. The number of benzene rings is 2. The minimum atomic E-state index is -0.901. The van der Waals surface area contributed by atoms with Gasteiger partial charge in [-0.05, 0) is 51.1 Å². The van der Waals surface area contributed by atoms with Crippen molar-refractivity contribution in [3.05, 3.63) is 71.2 Å². The first-order valence-electron chi connectivity index (χ1n) is 10.9. The molecule has 0 aliphatic carbocycles. The lowest BCUT2D eigenvalue weighted by molar-refractivity contribution is 0.162. The first-order chi connectivity index (χ1) is 15.7. The Kier molecular flexibility index (Phi) is 6.03. The third-order valence-electron chi connectivity index (χ3n) is 5.65. The molecular weight excluding hydrogens is 420 g/mol. The van der Waals surface area contributed by atoms with Gasteiger partial charge >= 0.3 is 0 Å². The second kappa shape index (κ2) is 9.24. The highest BCUT2D eigenvalue weighted by Crippen LogP contribution is 2.30. The van der Waals surface area contributed by atoms with Crippen LogP contribution in [0.5, 0.6) is 5.75 Å². The van der Waals surface area contributed by atoms with Gasteiger partial charge in [0.15, 0.2) is 11.4 Å². The zero-order valence-electron chi connectivity index (χ0n) is 17.9. The number of para-hydroxylation sites is 1. The van der Waals surface area contributed by atoms with Crippen LogP contribution < -0.4 is 15.4 Å². The minimum absolute atomic E-state index is 0.249. The Morgan fingerprint density at radius 1 is 1.12 bits per heavy atom. The number of ether oxygens (including phenoxy) is 1. The molecule has 1 fully saturated rings. The summed E-state index contributed by atoms with van der Waals surface area (Å²) < 4.78 is 6.21. The van der Waals surface area contributed by atoms with Crippen molar-refractivity contribution in [1.29, 1.82) is 0 Å². The summed E-state index contributed by atoms with van der Waals surface area (Å²) in [6.07, 6.45) is 3.18. The van der Waals surface area contributed by atoms with E-state index in [1.807, 2.05) is 61.5 Å². The van der Waals surface area contributed by atoms with E-state index >= 15 is 0 Å². The summed E-state index contributed by atoms with van der Waals surface area (Å²) in [6, 6.07) is 18.0. The summed E-state index contributed by atoms with van der Waals surface area (Å²) in [7, 11) is 0. The fraction of sp³-hybridized carbons (Fsp3) is 0.280. The van der Waals surface area contributed by atoms with Gasteiger partial charge in [0.05, 0.1) is 11.2 Å². The zero-order valence-corrected chi connectivity index (χ0v) is 18.7. The van der Waals surface area contributed by atoms with Crippen LogP contribution in [-0.2, 0) is 0 Å². The van der Waals surface area contributed by atoms with Crippen LogP contribution in [0.3, 0.4) is 0 Å². The molecule has 3 N–H and O–H groups in total. The number of anilines is 1. The van der Waals surface area contributed by atoms with Gasteiger partial charge in [0.2, 0.25) is 0 Å². The number of fused-ring (bicyclic) bond motifs is 1. The topological polar surface area (TPSA) is 79.3 Å². The lowest BCUT2D eigenvalue weighted by atomic mass is 10.1. The summed E-state index contributed by atoms with van der Waals surface area (Å²) in [5, 5.41) is 19.0. The molecule has 2 aromatic carbocycles. The average molecular weight is 447 g/mol. The van der Waals surface area contributed by atoms with Crippen LogP contribution in [0, 0.1) is 6.92 Å². The van der Waals surface area contributed by atoms with Crippen LogP contribution in [-0.4, -0.2) is 34.3 Å². The molecular formula is C25H26N4O2S. The van der Waals surface area contributed by atoms with Gasteiger partial charge in [-0.25, -0.2) is 9.97 Å². The van der Waals surface area contributed by atoms with Crippen molar-refractivity contribution >= 4 is 27.4 Å². The molecule has 5 rings (SSSR count). The number of piperidine rings is 1. The maximum absolute atomic E-state index is 10.9. The number of nitrogens with zero attached hydrogens (tertiary/aromatic N) is 2. The Morgan fingerprint density at radius 2 is 1.97 bits per heavy atom. The second-order valence-electron chi connectivity index (χ2n) is 8.03. The van der Waals surface area contributed by atoms with E-state index in [0.717, 1.165) is 64.3 Å². The van der Waals surface area contributed by atoms with Crippen molar-refractivity contribution < 1.29 is 9.84 Å². The van der Waals surface area contributed by atoms with Gasteiger partial charge in [-0.1, -0.05) is 36.4 Å². The first-order valence-corrected chi connectivity index (χ1v) is 11.7. The maximum Gasteiger partial charge on any atom is 0.185 e. The van der Waals surface area contributed by atoms with Crippen LogP contribution in [0.4, 0.5) is 5.13 Å². The first kappa shape index (κ1) is 20.9. The van der Waals surface area contributed by atoms with Gasteiger partial charge in [0.1, 0.15) is 11.9 Å². The van der Waals surface area contributed by atoms with Crippen LogP contribution in [0.15, 0.2) is 60.8 Å². The predicted molar refractivity (Wildman–Crippen MR) is 129 cm³/mol. The quantitative estimate of drug-likeness (QED) is 0.366. The molecule has 1 aliphatic heterocycles. The zero-order chi connectivity index (χ0) is 21.9. The van der Waals surface area contributed by atoms with E-state index in [1.165, 1.54) is 11.3 Å². The van der Waals surface area contributed by atoms with Gasteiger partial charge < -0.3 is 20.5 Å². The molecule has 0 spiro atoms. The van der Waals surface area contributed by atoms with Gasteiger partial charge in [0.25, 0.3) is 0 Å². The molecule has 3 heterocycles. The van der Waals surface area contributed by atoms with Crippen molar-refractivity contribution in [3.8, 4) is 17.0 Å². The number of nitrogens with one attached hydrogen (secondary N) is 2. The third kappa shape index (κ3) is 4.60. The number of aliphatic hydroxyl groups is 1. The number of aromatic nitrogens is 2. The van der Waals surface area contributed by atoms with Crippen LogP contribution in [0.25, 0.3) is 22.2 Å². The molecule has 0 saturated carbocycles. The number of rotatable bonds is 6. The summed E-state index contributed by atoms with van der Waals surface area (Å²) in [5.41, 5.74) is 3.33. The van der Waals surface area contributed by atoms with Gasteiger partial charge in [-0.2, -0.15) is 0 Å². The van der Waals surface area contributed by atoms with Crippen molar-refractivity contribution in [3.63, 3.8) is 0 Å². The Balaban J connectivity index is 1.44. The maximum atomic E-state index is 10.9. The van der Waals surface area contributed by atoms with E-state index in [2.05, 4.69) is 15.6 Å². The summed E-state index contributed by atoms with van der Waals surface area (Å²) in [5.74, 6) is 0.866. The smallest absolute Gasteiger partial charge is 0.185 e. The second-order valence-corrected chi connectivity index (χ2v) is 9.27. The molecule has 0 radical (unpaired) electrons. The molecule has 0 amide bonds. The molecule has 6 nitrogen and oxygen atoms in total. The van der Waals surface area contributed by atoms with Gasteiger partial charge in [-0.3, -0.25) is 0 Å². The number of aliphatic hydroxyl groups excluding tert-OH is 1. The highest BCUT2D eigenvalue weighted by Gasteiger charge is 2.16. The fourth-order valence-electron chi connectivity index (χ4n) is 4.00. The summed E-state index contributed by atoms with van der Waals surface area (Å²) in [4.78, 5) is 10.3. The number of pyridine rings is 1. The fourth-order valence-corrected chi connectivity index (χ4v) is 4.69. The molecule has 1 aliphatic rings. The Bertz CT molecular complexity index is 1220. The monoisotopic (exact) mass is 446 g/mol. The summed E-state index contributed by atoms with van der Waals surface area (Å²) >= 11 is 1.51. The molecule has 7 heteroatoms. The van der Waals surface area contributed by atoms with Gasteiger partial charge in [-0.15, -0.1) is 11.3 Å². The minimum Gasteiger partial charge on any atom is -0.490 e. The number of thiazole rings is 1. The lowest BCUT2D eigenvalue weighted by Gasteiger charge is -2.24. The molecule has 164 valence electrons. The number of hydrogen-bond acceptors (Lipinski definition) is 7. The highest BCUT2D eigenvalue weighted by molar-refractivity contribution is 7.15. The molecule has 0 bridgehead atoms. The van der Waals surface area contributed by atoms with Crippen molar-refractivity contribution in [2.24, 2.45) is 0 Å². The van der Waals surface area contributed by atoms with Crippen LogP contribution in [0.1, 0.15) is 29.5 Å². The molecule has 32 heavy (non-hydrogen) atoms. The van der Waals surface area contributed by atoms with Crippen molar-refractivity contribution in [2.75, 3.05) is 18.4 Å². The average Bonchev–Trinajstić information content (AvgIpc) is 3.23. The molecule has 4 aromatic rings.